The van der Waals surface area contributed by atoms with Crippen molar-refractivity contribution in [2.75, 3.05) is 12.3 Å². The molecule has 0 radical (unpaired) electrons. The Hall–Kier alpha value is -2.93. The molecule has 2 aromatic carbocycles. The number of hydrogen-bond donors (Lipinski definition) is 1. The van der Waals surface area contributed by atoms with Crippen LogP contribution in [-0.2, 0) is 11.3 Å². The third kappa shape index (κ3) is 5.04. The van der Waals surface area contributed by atoms with Gasteiger partial charge in [-0.3, -0.25) is 9.36 Å². The first-order chi connectivity index (χ1) is 13.2. The van der Waals surface area contributed by atoms with Crippen molar-refractivity contribution in [1.82, 2.24) is 20.1 Å². The molecule has 1 aromatic heterocycles. The number of nitrogens with zero attached hydrogens (tertiary/aromatic N) is 3. The Bertz CT molecular complexity index is 909. The van der Waals surface area contributed by atoms with Crippen molar-refractivity contribution in [2.24, 2.45) is 0 Å². The predicted octanol–water partition coefficient (Wildman–Crippen LogP) is 3.53. The Morgan fingerprint density at radius 2 is 1.89 bits per heavy atom. The number of halogens is 1. The molecule has 0 aliphatic rings. The molecule has 0 spiro atoms. The number of aromatic nitrogens is 3. The normalized spacial score (nSPS) is 10.6. The topological polar surface area (TPSA) is 59.8 Å². The molecule has 0 fully saturated rings. The van der Waals surface area contributed by atoms with Crippen LogP contribution >= 0.6 is 11.8 Å². The molecule has 0 aliphatic heterocycles. The maximum Gasteiger partial charge on any atom is 0.230 e. The van der Waals surface area contributed by atoms with Gasteiger partial charge in [0.15, 0.2) is 11.0 Å². The van der Waals surface area contributed by atoms with E-state index in [0.717, 1.165) is 11.1 Å². The molecule has 7 heteroatoms. The zero-order valence-corrected chi connectivity index (χ0v) is 15.5. The maximum absolute atomic E-state index is 13.3. The lowest BCUT2D eigenvalue weighted by Crippen LogP contribution is -2.25. The Kier molecular flexibility index (Phi) is 6.38. The molecule has 0 saturated heterocycles. The lowest BCUT2D eigenvalue weighted by atomic mass is 10.2. The van der Waals surface area contributed by atoms with Crippen molar-refractivity contribution in [1.29, 1.82) is 0 Å². The van der Waals surface area contributed by atoms with Crippen molar-refractivity contribution in [3.05, 3.63) is 78.6 Å². The highest BCUT2D eigenvalue weighted by atomic mass is 32.2. The van der Waals surface area contributed by atoms with Crippen LogP contribution in [0, 0.1) is 5.82 Å². The zero-order valence-electron chi connectivity index (χ0n) is 14.6. The number of hydrogen-bond acceptors (Lipinski definition) is 4. The van der Waals surface area contributed by atoms with E-state index in [1.807, 2.05) is 34.9 Å². The Morgan fingerprint density at radius 3 is 2.59 bits per heavy atom. The van der Waals surface area contributed by atoms with Gasteiger partial charge in [-0.1, -0.05) is 48.2 Å². The van der Waals surface area contributed by atoms with E-state index in [1.54, 1.807) is 18.2 Å². The summed E-state index contributed by atoms with van der Waals surface area (Å²) in [4.78, 5) is 11.9. The van der Waals surface area contributed by atoms with Crippen molar-refractivity contribution in [3.63, 3.8) is 0 Å². The molecular weight excluding hydrogens is 363 g/mol. The molecule has 3 rings (SSSR count). The number of amides is 1. The molecule has 138 valence electrons. The van der Waals surface area contributed by atoms with Gasteiger partial charge in [-0.25, -0.2) is 4.39 Å². The van der Waals surface area contributed by atoms with Crippen molar-refractivity contribution < 1.29 is 9.18 Å². The lowest BCUT2D eigenvalue weighted by Gasteiger charge is -2.10. The van der Waals surface area contributed by atoms with Gasteiger partial charge in [-0.2, -0.15) is 0 Å². The van der Waals surface area contributed by atoms with Crippen molar-refractivity contribution in [3.8, 4) is 11.4 Å². The SMILES string of the molecule is C=CCNC(=O)CSc1nnc(-c2ccc(F)cc2)n1Cc1ccccc1. The average molecular weight is 382 g/mol. The van der Waals surface area contributed by atoms with E-state index in [-0.39, 0.29) is 17.5 Å². The molecular formula is C20H19FN4OS. The largest absolute Gasteiger partial charge is 0.352 e. The molecule has 0 atom stereocenters. The molecule has 3 aromatic rings. The van der Waals surface area contributed by atoms with Crippen LogP contribution in [0.4, 0.5) is 4.39 Å². The highest BCUT2D eigenvalue weighted by Crippen LogP contribution is 2.25. The van der Waals surface area contributed by atoms with E-state index < -0.39 is 0 Å². The summed E-state index contributed by atoms with van der Waals surface area (Å²) >= 11 is 1.31. The fourth-order valence-corrected chi connectivity index (χ4v) is 3.25. The van der Waals surface area contributed by atoms with Gasteiger partial charge in [0.05, 0.1) is 12.3 Å². The second-order valence-electron chi connectivity index (χ2n) is 5.77. The molecule has 1 N–H and O–H groups in total. The summed E-state index contributed by atoms with van der Waals surface area (Å²) in [6.45, 7) is 4.56. The maximum atomic E-state index is 13.3. The van der Waals surface area contributed by atoms with Crippen LogP contribution in [0.3, 0.4) is 0 Å². The minimum atomic E-state index is -0.304. The summed E-state index contributed by atoms with van der Waals surface area (Å²) in [5, 5.41) is 11.9. The highest BCUT2D eigenvalue weighted by molar-refractivity contribution is 7.99. The van der Waals surface area contributed by atoms with E-state index in [2.05, 4.69) is 22.1 Å². The minimum Gasteiger partial charge on any atom is -0.352 e. The van der Waals surface area contributed by atoms with Crippen LogP contribution in [0.25, 0.3) is 11.4 Å². The lowest BCUT2D eigenvalue weighted by molar-refractivity contribution is -0.118. The first kappa shape index (κ1) is 18.8. The first-order valence-electron chi connectivity index (χ1n) is 8.41. The third-order valence-corrected chi connectivity index (χ3v) is 4.75. The predicted molar refractivity (Wildman–Crippen MR) is 105 cm³/mol. The Balaban J connectivity index is 1.87. The fraction of sp³-hybridized carbons (Fsp3) is 0.150. The van der Waals surface area contributed by atoms with E-state index >= 15 is 0 Å². The number of thioether (sulfide) groups is 1. The van der Waals surface area contributed by atoms with E-state index in [9.17, 15) is 9.18 Å². The first-order valence-corrected chi connectivity index (χ1v) is 9.39. The molecule has 0 unspecified atom stereocenters. The molecule has 27 heavy (non-hydrogen) atoms. The fourth-order valence-electron chi connectivity index (χ4n) is 2.48. The smallest absolute Gasteiger partial charge is 0.230 e. The van der Waals surface area contributed by atoms with Gasteiger partial charge in [-0.05, 0) is 29.8 Å². The second kappa shape index (κ2) is 9.14. The zero-order chi connectivity index (χ0) is 19.1. The molecule has 1 heterocycles. The number of carbonyl (C=O) groups excluding carboxylic acids is 1. The van der Waals surface area contributed by atoms with Crippen LogP contribution in [0.15, 0.2) is 72.4 Å². The number of carbonyl (C=O) groups is 1. The summed E-state index contributed by atoms with van der Waals surface area (Å²) in [6.07, 6.45) is 1.63. The molecule has 0 bridgehead atoms. The van der Waals surface area contributed by atoms with Gasteiger partial charge in [0, 0.05) is 12.1 Å². The van der Waals surface area contributed by atoms with Crippen LogP contribution in [0.5, 0.6) is 0 Å². The second-order valence-corrected chi connectivity index (χ2v) is 6.71. The van der Waals surface area contributed by atoms with Gasteiger partial charge in [0.25, 0.3) is 0 Å². The summed E-state index contributed by atoms with van der Waals surface area (Å²) in [5.74, 6) is 0.455. The standard InChI is InChI=1S/C20H19FN4OS/c1-2-12-22-18(26)14-27-20-24-23-19(16-8-10-17(21)11-9-16)25(20)13-15-6-4-3-5-7-15/h2-11H,1,12-14H2,(H,22,26). The summed E-state index contributed by atoms with van der Waals surface area (Å²) in [6, 6.07) is 16.0. The third-order valence-electron chi connectivity index (χ3n) is 3.78. The summed E-state index contributed by atoms with van der Waals surface area (Å²) < 4.78 is 15.2. The number of rotatable bonds is 8. The van der Waals surface area contributed by atoms with Crippen LogP contribution < -0.4 is 5.32 Å². The van der Waals surface area contributed by atoms with Gasteiger partial charge in [0.1, 0.15) is 5.82 Å². The van der Waals surface area contributed by atoms with Gasteiger partial charge in [-0.15, -0.1) is 16.8 Å². The number of benzene rings is 2. The van der Waals surface area contributed by atoms with Gasteiger partial charge < -0.3 is 5.32 Å². The van der Waals surface area contributed by atoms with E-state index in [4.69, 9.17) is 0 Å². The van der Waals surface area contributed by atoms with Crippen LogP contribution in [0.1, 0.15) is 5.56 Å². The van der Waals surface area contributed by atoms with Gasteiger partial charge >= 0.3 is 0 Å². The van der Waals surface area contributed by atoms with Crippen molar-refractivity contribution >= 4 is 17.7 Å². The monoisotopic (exact) mass is 382 g/mol. The minimum absolute atomic E-state index is 0.0995. The summed E-state index contributed by atoms with van der Waals surface area (Å²) in [7, 11) is 0. The highest BCUT2D eigenvalue weighted by Gasteiger charge is 2.16. The average Bonchev–Trinajstić information content (AvgIpc) is 3.08. The molecule has 5 nitrogen and oxygen atoms in total. The van der Waals surface area contributed by atoms with Gasteiger partial charge in [0.2, 0.25) is 5.91 Å². The quantitative estimate of drug-likeness (QED) is 0.478. The Labute approximate surface area is 161 Å². The Morgan fingerprint density at radius 1 is 1.15 bits per heavy atom. The molecule has 0 aliphatic carbocycles. The summed E-state index contributed by atoms with van der Waals surface area (Å²) in [5.41, 5.74) is 1.85. The van der Waals surface area contributed by atoms with E-state index in [0.29, 0.717) is 24.1 Å². The molecule has 1 amide bonds. The van der Waals surface area contributed by atoms with Crippen molar-refractivity contribution in [2.45, 2.75) is 11.7 Å². The number of nitrogens with one attached hydrogen (secondary N) is 1. The van der Waals surface area contributed by atoms with Crippen LogP contribution in [-0.4, -0.2) is 33.0 Å². The van der Waals surface area contributed by atoms with Crippen LogP contribution in [0.2, 0.25) is 0 Å². The molecule has 0 saturated carbocycles. The van der Waals surface area contributed by atoms with E-state index in [1.165, 1.54) is 23.9 Å².